The predicted octanol–water partition coefficient (Wildman–Crippen LogP) is -0.499. The highest BCUT2D eigenvalue weighted by molar-refractivity contribution is 6.40. The lowest BCUT2D eigenvalue weighted by molar-refractivity contribution is -0.191. The molecule has 3 atom stereocenters. The van der Waals surface area contributed by atoms with Gasteiger partial charge in [-0.1, -0.05) is 12.8 Å². The van der Waals surface area contributed by atoms with Crippen LogP contribution in [0.15, 0.2) is 0 Å². The highest BCUT2D eigenvalue weighted by atomic mass is 16.4. The molecule has 1 aliphatic rings. The maximum absolute atomic E-state index is 8.67. The van der Waals surface area contributed by atoms with Gasteiger partial charge in [-0.25, -0.2) is 0 Å². The second-order valence-corrected chi connectivity index (χ2v) is 4.85. The van der Waals surface area contributed by atoms with Crippen molar-refractivity contribution in [2.24, 2.45) is 17.4 Å². The monoisotopic (exact) mass is 258 g/mol. The van der Waals surface area contributed by atoms with Crippen LogP contribution in [0.1, 0.15) is 38.5 Å². The molecule has 0 aromatic carbocycles. The summed E-state index contributed by atoms with van der Waals surface area (Å²) in [5.74, 6) is 0.582. The number of nitrogens with two attached hydrogens (primary N) is 2. The quantitative estimate of drug-likeness (QED) is 0.376. The first-order valence-electron chi connectivity index (χ1n) is 6.37. The second kappa shape index (κ2) is 10.2. The van der Waals surface area contributed by atoms with Gasteiger partial charge in [0.15, 0.2) is 0 Å². The van der Waals surface area contributed by atoms with E-state index in [1.54, 1.807) is 0 Å². The summed E-state index contributed by atoms with van der Waals surface area (Å²) >= 11 is 0. The number of hydrogen-bond acceptors (Lipinski definition) is 6. The molecule has 1 unspecified atom stereocenters. The molecule has 0 radical (unpaired) electrons. The molecule has 6 N–H and O–H groups in total. The third kappa shape index (κ3) is 8.39. The van der Waals surface area contributed by atoms with Crippen molar-refractivity contribution < 1.29 is 19.6 Å². The van der Waals surface area contributed by atoms with Crippen molar-refractivity contribution in [1.29, 1.82) is 0 Å². The van der Waals surface area contributed by atoms with Crippen LogP contribution in [0.4, 0.5) is 0 Å². The third-order valence-electron chi connectivity index (χ3n) is 3.37. The second-order valence-electron chi connectivity index (χ2n) is 4.85. The lowest BCUT2D eigenvalue weighted by Gasteiger charge is -2.18. The molecule has 1 fully saturated rings. The average Bonchev–Trinajstić information content (AvgIpc) is 2.72. The van der Waals surface area contributed by atoms with Gasteiger partial charge in [-0.05, 0) is 37.9 Å². The molecule has 104 valence electrons. The van der Waals surface area contributed by atoms with Crippen molar-refractivity contribution in [2.75, 3.05) is 0 Å². The maximum atomic E-state index is 8.67. The molecule has 0 amide bonds. The summed E-state index contributed by atoms with van der Waals surface area (Å²) in [6, 6.07) is 0.592. The Morgan fingerprint density at radius 3 is 2.33 bits per heavy atom. The lowest BCUT2D eigenvalue weighted by atomic mass is 9.82. The highest BCUT2D eigenvalue weighted by Crippen LogP contribution is 2.28. The maximum Gasteiger partial charge on any atom is 0.451 e. The predicted molar refractivity (Wildman–Crippen MR) is 67.1 cm³/mol. The van der Waals surface area contributed by atoms with Gasteiger partial charge in [0.25, 0.3) is 0 Å². The van der Waals surface area contributed by atoms with E-state index in [0.717, 1.165) is 38.5 Å². The van der Waals surface area contributed by atoms with Crippen LogP contribution in [-0.2, 0) is 9.59 Å². The fraction of sp³-hybridized carbons (Fsp3) is 0.909. The smallest absolute Gasteiger partial charge is 0.427 e. The van der Waals surface area contributed by atoms with E-state index in [-0.39, 0.29) is 12.2 Å². The molecule has 0 saturated heterocycles. The van der Waals surface area contributed by atoms with E-state index < -0.39 is 7.12 Å². The summed E-state index contributed by atoms with van der Waals surface area (Å²) in [5, 5.41) is 17.3. The number of rotatable bonds is 6. The van der Waals surface area contributed by atoms with Crippen LogP contribution in [0, 0.1) is 5.92 Å². The van der Waals surface area contributed by atoms with Gasteiger partial charge in [0.2, 0.25) is 0 Å². The summed E-state index contributed by atoms with van der Waals surface area (Å²) < 4.78 is 0. The average molecular weight is 258 g/mol. The van der Waals surface area contributed by atoms with Gasteiger partial charge in [0, 0.05) is 12.1 Å². The summed E-state index contributed by atoms with van der Waals surface area (Å²) in [6.07, 6.45) is 6.82. The van der Waals surface area contributed by atoms with E-state index >= 15 is 0 Å². The van der Waals surface area contributed by atoms with Crippen molar-refractivity contribution in [3.8, 4) is 0 Å². The van der Waals surface area contributed by atoms with Crippen molar-refractivity contribution in [3.05, 3.63) is 0 Å². The molecule has 1 rings (SSSR count). The molecule has 1 saturated carbocycles. The van der Waals surface area contributed by atoms with Crippen LogP contribution in [0.3, 0.4) is 0 Å². The standard InChI is InChI=1S/C10H23BN2O2.CO2/c12-9-5-4-8(7-9)10(13)3-1-2-6-11(14)15;2-1-3/h8-10,14-15H,1-7,12-13H2;/t8-,9+,10?;/m0./s1. The van der Waals surface area contributed by atoms with E-state index in [1.807, 2.05) is 0 Å². The summed E-state index contributed by atoms with van der Waals surface area (Å²) in [4.78, 5) is 16.2. The first-order chi connectivity index (χ1) is 8.51. The summed E-state index contributed by atoms with van der Waals surface area (Å²) in [7, 11) is -1.17. The Morgan fingerprint density at radius 2 is 1.89 bits per heavy atom. The largest absolute Gasteiger partial charge is 0.451 e. The van der Waals surface area contributed by atoms with Gasteiger partial charge in [-0.3, -0.25) is 0 Å². The molecular formula is C11H23BN2O4. The molecule has 0 aromatic heterocycles. The molecule has 7 heteroatoms. The zero-order chi connectivity index (χ0) is 14.0. The first-order valence-corrected chi connectivity index (χ1v) is 6.37. The SMILES string of the molecule is NC(CCCCB(O)O)[C@H]1CC[C@@H](N)C1.O=C=O. The van der Waals surface area contributed by atoms with Crippen LogP contribution in [0.2, 0.25) is 6.32 Å². The minimum atomic E-state index is -1.17. The van der Waals surface area contributed by atoms with Gasteiger partial charge in [0.1, 0.15) is 0 Å². The van der Waals surface area contributed by atoms with Crippen LogP contribution < -0.4 is 11.5 Å². The van der Waals surface area contributed by atoms with Crippen LogP contribution >= 0.6 is 0 Å². The molecule has 6 nitrogen and oxygen atoms in total. The topological polar surface area (TPSA) is 127 Å². The summed E-state index contributed by atoms with van der Waals surface area (Å²) in [5.41, 5.74) is 11.9. The Bertz CT molecular complexity index is 247. The van der Waals surface area contributed by atoms with Crippen molar-refractivity contribution in [2.45, 2.75) is 56.9 Å². The van der Waals surface area contributed by atoms with Gasteiger partial charge in [0.05, 0.1) is 0 Å². The van der Waals surface area contributed by atoms with Gasteiger partial charge >= 0.3 is 13.3 Å². The fourth-order valence-electron chi connectivity index (χ4n) is 2.38. The summed E-state index contributed by atoms with van der Waals surface area (Å²) in [6.45, 7) is 0. The molecule has 0 spiro atoms. The van der Waals surface area contributed by atoms with E-state index in [1.165, 1.54) is 0 Å². The Labute approximate surface area is 108 Å². The normalized spacial score (nSPS) is 23.8. The van der Waals surface area contributed by atoms with Crippen LogP contribution in [-0.4, -0.2) is 35.4 Å². The van der Waals surface area contributed by atoms with Gasteiger partial charge in [-0.15, -0.1) is 0 Å². The zero-order valence-electron chi connectivity index (χ0n) is 10.6. The minimum Gasteiger partial charge on any atom is -0.427 e. The van der Waals surface area contributed by atoms with Crippen molar-refractivity contribution >= 4 is 13.3 Å². The van der Waals surface area contributed by atoms with E-state index in [2.05, 4.69) is 0 Å². The van der Waals surface area contributed by atoms with Crippen molar-refractivity contribution in [1.82, 2.24) is 0 Å². The minimum absolute atomic E-state index is 0.245. The van der Waals surface area contributed by atoms with Crippen LogP contribution in [0.5, 0.6) is 0 Å². The number of carbonyl (C=O) groups excluding carboxylic acids is 2. The Kier molecular flexibility index (Phi) is 9.82. The van der Waals surface area contributed by atoms with E-state index in [4.69, 9.17) is 31.1 Å². The molecule has 0 bridgehead atoms. The zero-order valence-corrected chi connectivity index (χ0v) is 10.6. The molecule has 0 heterocycles. The molecule has 18 heavy (non-hydrogen) atoms. The van der Waals surface area contributed by atoms with E-state index in [0.29, 0.717) is 18.3 Å². The Hall–Kier alpha value is -0.715. The van der Waals surface area contributed by atoms with Crippen molar-refractivity contribution in [3.63, 3.8) is 0 Å². The lowest BCUT2D eigenvalue weighted by Crippen LogP contribution is -2.29. The van der Waals surface area contributed by atoms with Gasteiger partial charge < -0.3 is 21.5 Å². The van der Waals surface area contributed by atoms with Crippen LogP contribution in [0.25, 0.3) is 0 Å². The molecule has 0 aromatic rings. The first kappa shape index (κ1) is 17.3. The number of hydrogen-bond donors (Lipinski definition) is 4. The Balaban J connectivity index is 0.000000873. The molecule has 0 aliphatic heterocycles. The molecular weight excluding hydrogens is 235 g/mol. The Morgan fingerprint density at radius 1 is 1.28 bits per heavy atom. The molecule has 1 aliphatic carbocycles. The fourth-order valence-corrected chi connectivity index (χ4v) is 2.38. The highest BCUT2D eigenvalue weighted by Gasteiger charge is 2.26. The number of unbranched alkanes of at least 4 members (excludes halogenated alkanes) is 1. The third-order valence-corrected chi connectivity index (χ3v) is 3.37. The van der Waals surface area contributed by atoms with E-state index in [9.17, 15) is 0 Å². The van der Waals surface area contributed by atoms with Gasteiger partial charge in [-0.2, -0.15) is 9.59 Å².